The third kappa shape index (κ3) is 15.2. The highest BCUT2D eigenvalue weighted by molar-refractivity contribution is 6.11. The normalized spacial score (nSPS) is 11.1. The Labute approximate surface area is 498 Å². The predicted molar refractivity (Wildman–Crippen MR) is 321 cm³/mol. The van der Waals surface area contributed by atoms with Gasteiger partial charge in [0, 0.05) is 151 Å². The van der Waals surface area contributed by atoms with Crippen LogP contribution in [0.1, 0.15) is 109 Å². The van der Waals surface area contributed by atoms with Gasteiger partial charge in [-0.2, -0.15) is 0 Å². The number of nitrogens with one attached hydrogen (secondary N) is 9. The molecule has 9 amide bonds. The second-order valence-electron chi connectivity index (χ2n) is 20.9. The minimum Gasteiger partial charge on any atom is -0.355 e. The summed E-state index contributed by atoms with van der Waals surface area (Å²) >= 11 is 0. The molecule has 0 aliphatic heterocycles. The molecule has 8 aromatic rings. The van der Waals surface area contributed by atoms with Gasteiger partial charge in [0.25, 0.3) is 41.4 Å². The average Bonchev–Trinajstić information content (AvgIpc) is 2.31. The molecule has 0 fully saturated rings. The quantitative estimate of drug-likeness (QED) is 0.0294. The third-order valence-corrected chi connectivity index (χ3v) is 13.7. The Morgan fingerprint density at radius 2 is 0.839 bits per heavy atom. The van der Waals surface area contributed by atoms with Crippen LogP contribution in [0.4, 0.5) is 34.4 Å². The number of amides is 9. The van der Waals surface area contributed by atoms with Crippen LogP contribution in [-0.4, -0.2) is 151 Å². The van der Waals surface area contributed by atoms with Crippen LogP contribution < -0.4 is 47.9 Å². The second-order valence-corrected chi connectivity index (χ2v) is 20.9. The topological polar surface area (TPSA) is 347 Å². The lowest BCUT2D eigenvalue weighted by atomic mass is 10.2. The van der Waals surface area contributed by atoms with Crippen LogP contribution in [0.2, 0.25) is 0 Å². The van der Waals surface area contributed by atoms with E-state index in [1.807, 2.05) is 19.0 Å². The van der Waals surface area contributed by atoms with Gasteiger partial charge in [0.05, 0.1) is 22.7 Å². The van der Waals surface area contributed by atoms with E-state index in [-0.39, 0.29) is 107 Å². The fourth-order valence-electron chi connectivity index (χ4n) is 9.24. The Bertz CT molecular complexity index is 3980. The van der Waals surface area contributed by atoms with Crippen molar-refractivity contribution in [3.8, 4) is 0 Å². The van der Waals surface area contributed by atoms with Crippen LogP contribution in [0, 0.1) is 0 Å². The molecule has 0 aromatic carbocycles. The fraction of sp³-hybridized carbons (Fsp3) is 0.298. The van der Waals surface area contributed by atoms with Gasteiger partial charge in [-0.1, -0.05) is 0 Å². The minimum atomic E-state index is -0.696. The van der Waals surface area contributed by atoms with Crippen LogP contribution in [0.25, 0.3) is 0 Å². The van der Waals surface area contributed by atoms with Crippen LogP contribution in [0.3, 0.4) is 0 Å². The SMILES string of the molecule is CN(C)CCNC(=O)CCNC(=O)c1cc(C(=O)c2nc(NC(=O)c3nc(NC(=O)c4cc(NC(=O)CCCNC(=O)c5cc(NC(=O)c6cc(NC(=O)c7cc(NC(=O)c8cccn8C)cn7C)cn6C)cn5C)cn4C)cn3C)cn2C)cn1C. The number of nitrogens with zero attached hydrogens (tertiary/aromatic N) is 11. The smallest absolute Gasteiger partial charge is 0.292 e. The van der Waals surface area contributed by atoms with E-state index in [0.717, 1.165) is 0 Å². The first-order valence-electron chi connectivity index (χ1n) is 27.2. The summed E-state index contributed by atoms with van der Waals surface area (Å²) in [6.45, 7) is 1.40. The molecule has 0 saturated heterocycles. The van der Waals surface area contributed by atoms with Crippen molar-refractivity contribution in [3.63, 3.8) is 0 Å². The highest BCUT2D eigenvalue weighted by Crippen LogP contribution is 2.22. The number of anilines is 6. The number of aryl methyl sites for hydroxylation is 8. The molecule has 0 aliphatic rings. The van der Waals surface area contributed by atoms with Gasteiger partial charge in [0.2, 0.25) is 23.4 Å². The van der Waals surface area contributed by atoms with E-state index in [1.54, 1.807) is 124 Å². The Hall–Kier alpha value is -11.0. The molecule has 87 heavy (non-hydrogen) atoms. The highest BCUT2D eigenvalue weighted by atomic mass is 16.2. The van der Waals surface area contributed by atoms with Gasteiger partial charge in [-0.25, -0.2) is 9.97 Å². The van der Waals surface area contributed by atoms with Gasteiger partial charge in [0.1, 0.15) is 34.2 Å². The molecule has 456 valence electrons. The standard InChI is InChI=1S/C57H68N20O10/c1-69(2)20-18-58-46(78)15-17-60-51(81)39-21-33(26-71(39)4)48(80)49-65-44(31-76(49)9)68-57(87)50-66-45(32-77(50)10)67-56(86)43-22-34(27-73(43)6)61-47(79)14-11-16-59-52(82)40-23-35(28-72(40)5)63-54(84)42-25-37(30-75(42)8)64-55(85)41-24-36(29-74(41)7)62-53(83)38-13-12-19-70(38)3/h12-13,19,21-32H,11,14-18,20H2,1-10H3,(H,58,78)(H,59,82)(H,60,81)(H,61,79)(H,62,83)(H,63,84)(H,64,85)(H,67,86)(H,68,87). The first-order valence-corrected chi connectivity index (χ1v) is 27.2. The Morgan fingerprint density at radius 3 is 1.36 bits per heavy atom. The minimum absolute atomic E-state index is 0.0224. The van der Waals surface area contributed by atoms with E-state index in [9.17, 15) is 47.9 Å². The number of hydrogen-bond acceptors (Lipinski definition) is 13. The van der Waals surface area contributed by atoms with Crippen molar-refractivity contribution in [3.05, 3.63) is 143 Å². The van der Waals surface area contributed by atoms with Crippen molar-refractivity contribution >= 4 is 93.3 Å². The van der Waals surface area contributed by atoms with Crippen molar-refractivity contribution in [2.75, 3.05) is 72.2 Å². The van der Waals surface area contributed by atoms with Crippen molar-refractivity contribution in [1.29, 1.82) is 0 Å². The van der Waals surface area contributed by atoms with E-state index < -0.39 is 41.2 Å². The van der Waals surface area contributed by atoms with Crippen molar-refractivity contribution in [2.45, 2.75) is 19.3 Å². The van der Waals surface area contributed by atoms with E-state index in [0.29, 0.717) is 41.5 Å². The lowest BCUT2D eigenvalue weighted by Gasteiger charge is -2.10. The highest BCUT2D eigenvalue weighted by Gasteiger charge is 2.25. The van der Waals surface area contributed by atoms with Crippen molar-refractivity contribution < 1.29 is 47.9 Å². The number of likely N-dealkylation sites (N-methyl/N-ethyl adjacent to an activating group) is 1. The zero-order chi connectivity index (χ0) is 63.0. The van der Waals surface area contributed by atoms with E-state index >= 15 is 0 Å². The first kappa shape index (κ1) is 62.0. The molecule has 0 unspecified atom stereocenters. The number of ketones is 1. The number of carbonyl (C=O) groups excluding carboxylic acids is 10. The summed E-state index contributed by atoms with van der Waals surface area (Å²) in [5.41, 5.74) is 3.13. The maximum absolute atomic E-state index is 13.6. The van der Waals surface area contributed by atoms with E-state index in [2.05, 4.69) is 57.8 Å². The molecule has 8 rings (SSSR count). The Morgan fingerprint density at radius 1 is 0.402 bits per heavy atom. The molecule has 0 spiro atoms. The van der Waals surface area contributed by atoms with E-state index in [1.165, 1.54) is 61.1 Å². The van der Waals surface area contributed by atoms with Gasteiger partial charge in [-0.05, 0) is 63.0 Å². The number of carbonyl (C=O) groups is 10. The molecule has 0 aliphatic carbocycles. The molecular formula is C57H68N20O10. The Kier molecular flexibility index (Phi) is 19.0. The largest absolute Gasteiger partial charge is 0.355 e. The second kappa shape index (κ2) is 26.7. The first-order chi connectivity index (χ1) is 41.3. The third-order valence-electron chi connectivity index (χ3n) is 13.7. The van der Waals surface area contributed by atoms with Crippen molar-refractivity contribution in [1.82, 2.24) is 67.4 Å². The lowest BCUT2D eigenvalue weighted by Crippen LogP contribution is -2.34. The molecule has 8 heterocycles. The molecule has 9 N–H and O–H groups in total. The number of aromatic nitrogens is 10. The van der Waals surface area contributed by atoms with Crippen LogP contribution in [0.15, 0.2) is 92.0 Å². The van der Waals surface area contributed by atoms with Gasteiger partial charge < -0.3 is 89.3 Å². The number of hydrogen-bond donors (Lipinski definition) is 9. The van der Waals surface area contributed by atoms with Gasteiger partial charge in [0.15, 0.2) is 17.5 Å². The van der Waals surface area contributed by atoms with Crippen LogP contribution >= 0.6 is 0 Å². The monoisotopic (exact) mass is 1190 g/mol. The zero-order valence-corrected chi connectivity index (χ0v) is 49.6. The van der Waals surface area contributed by atoms with Crippen LogP contribution in [-0.2, 0) is 66.0 Å². The molecule has 8 aromatic heterocycles. The van der Waals surface area contributed by atoms with Gasteiger partial charge >= 0.3 is 0 Å². The van der Waals surface area contributed by atoms with Crippen LogP contribution in [0.5, 0.6) is 0 Å². The van der Waals surface area contributed by atoms with Gasteiger partial charge in [-0.3, -0.25) is 47.9 Å². The average molecular weight is 1190 g/mol. The molecule has 0 saturated carbocycles. The summed E-state index contributed by atoms with van der Waals surface area (Å²) in [7, 11) is 16.8. The molecule has 30 nitrogen and oxygen atoms in total. The summed E-state index contributed by atoms with van der Waals surface area (Å²) in [5, 5.41) is 24.7. The van der Waals surface area contributed by atoms with Gasteiger partial charge in [-0.15, -0.1) is 0 Å². The lowest BCUT2D eigenvalue weighted by molar-refractivity contribution is -0.121. The summed E-state index contributed by atoms with van der Waals surface area (Å²) < 4.78 is 12.1. The van der Waals surface area contributed by atoms with Crippen molar-refractivity contribution in [2.24, 2.45) is 56.4 Å². The maximum atomic E-state index is 13.6. The number of imidazole rings is 2. The predicted octanol–water partition coefficient (Wildman–Crippen LogP) is 2.62. The Balaban J connectivity index is 0.758. The summed E-state index contributed by atoms with van der Waals surface area (Å²) in [6.07, 6.45) is 12.8. The molecule has 0 radical (unpaired) electrons. The summed E-state index contributed by atoms with van der Waals surface area (Å²) in [6, 6.07) is 10.9. The maximum Gasteiger partial charge on any atom is 0.292 e. The molecular weight excluding hydrogens is 1120 g/mol. The number of rotatable bonds is 25. The van der Waals surface area contributed by atoms with E-state index in [4.69, 9.17) is 0 Å². The summed E-state index contributed by atoms with van der Waals surface area (Å²) in [5.74, 6) is -4.66. The fourth-order valence-corrected chi connectivity index (χ4v) is 9.24. The molecule has 30 heteroatoms. The molecule has 0 bridgehead atoms. The summed E-state index contributed by atoms with van der Waals surface area (Å²) in [4.78, 5) is 142. The molecule has 0 atom stereocenters. The zero-order valence-electron chi connectivity index (χ0n) is 49.6.